The van der Waals surface area contributed by atoms with Gasteiger partial charge < -0.3 is 0 Å². The minimum absolute atomic E-state index is 0.518. The molecule has 0 amide bonds. The van der Waals surface area contributed by atoms with Crippen molar-refractivity contribution in [2.24, 2.45) is 0 Å². The molecule has 2 nitrogen and oxygen atoms in total. The molecule has 1 aromatic carbocycles. The fourth-order valence-electron chi connectivity index (χ4n) is 1.32. The van der Waals surface area contributed by atoms with E-state index in [0.717, 1.165) is 12.1 Å². The highest BCUT2D eigenvalue weighted by Crippen LogP contribution is 2.30. The van der Waals surface area contributed by atoms with Crippen LogP contribution in [-0.4, -0.2) is 9.55 Å². The van der Waals surface area contributed by atoms with Crippen LogP contribution in [-0.2, 0) is 6.18 Å². The van der Waals surface area contributed by atoms with Crippen molar-refractivity contribution in [3.8, 4) is 5.69 Å². The summed E-state index contributed by atoms with van der Waals surface area (Å²) in [7, 11) is 0. The number of aromatic nitrogens is 2. The average molecular weight is 370 g/mol. The Kier molecular flexibility index (Phi) is 3.31. The summed E-state index contributed by atoms with van der Waals surface area (Å²) in [4.78, 5) is 4.03. The van der Waals surface area contributed by atoms with Crippen LogP contribution in [0.25, 0.3) is 5.69 Å². The van der Waals surface area contributed by atoms with Gasteiger partial charge in [0.15, 0.2) is 4.73 Å². The smallest absolute Gasteiger partial charge is 0.293 e. The van der Waals surface area contributed by atoms with Crippen molar-refractivity contribution in [2.75, 3.05) is 0 Å². The minimum Gasteiger partial charge on any atom is -0.293 e. The number of nitrogens with zero attached hydrogens (tertiary/aromatic N) is 2. The molecule has 0 spiro atoms. The number of rotatable bonds is 1. The highest BCUT2D eigenvalue weighted by atomic mass is 79.9. The molecule has 1 aromatic heterocycles. The van der Waals surface area contributed by atoms with Crippen LogP contribution in [0.1, 0.15) is 5.56 Å². The lowest BCUT2D eigenvalue weighted by molar-refractivity contribution is -0.137. The zero-order chi connectivity index (χ0) is 12.6. The van der Waals surface area contributed by atoms with Gasteiger partial charge >= 0.3 is 6.18 Å². The van der Waals surface area contributed by atoms with Crippen LogP contribution in [0.4, 0.5) is 13.2 Å². The van der Waals surface area contributed by atoms with E-state index in [1.54, 1.807) is 10.8 Å². The molecule has 1 heterocycles. The quantitative estimate of drug-likeness (QED) is 0.727. The summed E-state index contributed by atoms with van der Waals surface area (Å²) in [5.41, 5.74) is -0.0698. The molecular formula is C10H5Br2F3N2. The van der Waals surface area contributed by atoms with E-state index in [2.05, 4.69) is 36.8 Å². The highest BCUT2D eigenvalue weighted by molar-refractivity contribution is 9.11. The molecule has 2 aromatic rings. The van der Waals surface area contributed by atoms with E-state index in [1.165, 1.54) is 12.1 Å². The summed E-state index contributed by atoms with van der Waals surface area (Å²) in [6, 6.07) is 4.86. The van der Waals surface area contributed by atoms with Crippen molar-refractivity contribution in [3.63, 3.8) is 0 Å². The molecule has 0 N–H and O–H groups in total. The van der Waals surface area contributed by atoms with Crippen LogP contribution in [0.5, 0.6) is 0 Å². The van der Waals surface area contributed by atoms with Crippen molar-refractivity contribution >= 4 is 31.9 Å². The maximum Gasteiger partial charge on any atom is 0.416 e. The molecule has 0 atom stereocenters. The Morgan fingerprint density at radius 3 is 2.06 bits per heavy atom. The van der Waals surface area contributed by atoms with E-state index in [4.69, 9.17) is 0 Å². The van der Waals surface area contributed by atoms with E-state index in [0.29, 0.717) is 15.0 Å². The average Bonchev–Trinajstić information content (AvgIpc) is 2.57. The van der Waals surface area contributed by atoms with Gasteiger partial charge in [0, 0.05) is 11.9 Å². The first kappa shape index (κ1) is 12.6. The third kappa shape index (κ3) is 2.71. The lowest BCUT2D eigenvalue weighted by Crippen LogP contribution is -2.04. The molecule has 0 aliphatic rings. The van der Waals surface area contributed by atoms with Crippen molar-refractivity contribution in [3.05, 3.63) is 45.4 Å². The molecule has 17 heavy (non-hydrogen) atoms. The largest absolute Gasteiger partial charge is 0.416 e. The first-order chi connectivity index (χ1) is 7.88. The van der Waals surface area contributed by atoms with Gasteiger partial charge in [-0.05, 0) is 56.1 Å². The molecule has 7 heteroatoms. The van der Waals surface area contributed by atoms with Crippen LogP contribution in [0.3, 0.4) is 0 Å². The highest BCUT2D eigenvalue weighted by Gasteiger charge is 2.30. The standard InChI is InChI=1S/C10H5Br2F3N2/c11-8-5-17(9(12)16-8)7-3-1-6(2-4-7)10(13,14)15/h1-5H. The minimum atomic E-state index is -4.31. The first-order valence-corrected chi connectivity index (χ1v) is 6.04. The van der Waals surface area contributed by atoms with Gasteiger partial charge in [-0.3, -0.25) is 4.57 Å². The van der Waals surface area contributed by atoms with E-state index in [9.17, 15) is 13.2 Å². The second kappa shape index (κ2) is 4.45. The van der Waals surface area contributed by atoms with Crippen LogP contribution < -0.4 is 0 Å². The van der Waals surface area contributed by atoms with Crippen molar-refractivity contribution in [2.45, 2.75) is 6.18 Å². The third-order valence-corrected chi connectivity index (χ3v) is 3.05. The molecule has 90 valence electrons. The fourth-order valence-corrected chi connectivity index (χ4v) is 2.43. The fraction of sp³-hybridized carbons (Fsp3) is 0.100. The lowest BCUT2D eigenvalue weighted by Gasteiger charge is -2.08. The van der Waals surface area contributed by atoms with Crippen molar-refractivity contribution in [1.82, 2.24) is 9.55 Å². The Balaban J connectivity index is 2.39. The zero-order valence-corrected chi connectivity index (χ0v) is 11.3. The van der Waals surface area contributed by atoms with Crippen molar-refractivity contribution < 1.29 is 13.2 Å². The van der Waals surface area contributed by atoms with Gasteiger partial charge in [0.25, 0.3) is 0 Å². The molecule has 0 unspecified atom stereocenters. The number of alkyl halides is 3. The zero-order valence-electron chi connectivity index (χ0n) is 8.17. The first-order valence-electron chi connectivity index (χ1n) is 4.46. The number of hydrogen-bond donors (Lipinski definition) is 0. The molecule has 0 radical (unpaired) electrons. The monoisotopic (exact) mass is 368 g/mol. The number of hydrogen-bond acceptors (Lipinski definition) is 1. The molecule has 0 aliphatic heterocycles. The Bertz CT molecular complexity index is 531. The predicted octanol–water partition coefficient (Wildman–Crippen LogP) is 4.42. The normalized spacial score (nSPS) is 11.8. The van der Waals surface area contributed by atoms with Gasteiger partial charge in [0.05, 0.1) is 5.56 Å². The van der Waals surface area contributed by atoms with E-state index >= 15 is 0 Å². The van der Waals surface area contributed by atoms with Gasteiger partial charge in [0.2, 0.25) is 0 Å². The van der Waals surface area contributed by atoms with Crippen LogP contribution in [0.2, 0.25) is 0 Å². The number of halogens is 5. The molecule has 0 saturated carbocycles. The van der Waals surface area contributed by atoms with Crippen molar-refractivity contribution in [1.29, 1.82) is 0 Å². The van der Waals surface area contributed by atoms with E-state index in [-0.39, 0.29) is 0 Å². The Morgan fingerprint density at radius 2 is 1.65 bits per heavy atom. The Hall–Kier alpha value is -0.820. The van der Waals surface area contributed by atoms with Gasteiger partial charge in [0.1, 0.15) is 4.60 Å². The molecular weight excluding hydrogens is 365 g/mol. The van der Waals surface area contributed by atoms with Crippen LogP contribution >= 0.6 is 31.9 Å². The van der Waals surface area contributed by atoms with Gasteiger partial charge in [-0.1, -0.05) is 0 Å². The van der Waals surface area contributed by atoms with E-state index in [1.807, 2.05) is 0 Å². The summed E-state index contributed by atoms with van der Waals surface area (Å²) >= 11 is 6.40. The molecule has 0 fully saturated rings. The summed E-state index contributed by atoms with van der Waals surface area (Å²) in [6.07, 6.45) is -2.65. The van der Waals surface area contributed by atoms with E-state index < -0.39 is 11.7 Å². The topological polar surface area (TPSA) is 17.8 Å². The number of benzene rings is 1. The maximum absolute atomic E-state index is 12.4. The molecule has 2 rings (SSSR count). The molecule has 0 aliphatic carbocycles. The van der Waals surface area contributed by atoms with Crippen LogP contribution in [0.15, 0.2) is 39.8 Å². The summed E-state index contributed by atoms with van der Waals surface area (Å²) < 4.78 is 39.9. The van der Waals surface area contributed by atoms with Gasteiger partial charge in [-0.25, -0.2) is 4.98 Å². The molecule has 0 saturated heterocycles. The van der Waals surface area contributed by atoms with Gasteiger partial charge in [-0.2, -0.15) is 13.2 Å². The Labute approximate surface area is 112 Å². The van der Waals surface area contributed by atoms with Gasteiger partial charge in [-0.15, -0.1) is 0 Å². The summed E-state index contributed by atoms with van der Waals surface area (Å²) in [5, 5.41) is 0. The predicted molar refractivity (Wildman–Crippen MR) is 64.0 cm³/mol. The second-order valence-electron chi connectivity index (χ2n) is 3.25. The third-order valence-electron chi connectivity index (χ3n) is 2.11. The second-order valence-corrected chi connectivity index (χ2v) is 4.77. The lowest BCUT2D eigenvalue weighted by atomic mass is 10.2. The summed E-state index contributed by atoms with van der Waals surface area (Å²) in [5.74, 6) is 0. The SMILES string of the molecule is FC(F)(F)c1ccc(-n2cc(Br)nc2Br)cc1. The summed E-state index contributed by atoms with van der Waals surface area (Å²) in [6.45, 7) is 0. The van der Waals surface area contributed by atoms with Crippen LogP contribution in [0, 0.1) is 0 Å². The maximum atomic E-state index is 12.4. The Morgan fingerprint density at radius 1 is 1.06 bits per heavy atom. The number of imidazole rings is 1. The molecule has 0 bridgehead atoms.